The van der Waals surface area contributed by atoms with Gasteiger partial charge in [-0.2, -0.15) is 0 Å². The van der Waals surface area contributed by atoms with Gasteiger partial charge in [0.2, 0.25) is 0 Å². The van der Waals surface area contributed by atoms with Crippen LogP contribution < -0.4 is 10.9 Å². The molecule has 20 heavy (non-hydrogen) atoms. The topological polar surface area (TPSA) is 114 Å². The number of fused-ring (bicyclic) bond motifs is 1. The van der Waals surface area contributed by atoms with Crippen molar-refractivity contribution in [1.29, 1.82) is 0 Å². The minimum Gasteiger partial charge on any atom is -0.394 e. The Morgan fingerprint density at radius 3 is 2.95 bits per heavy atom. The summed E-state index contributed by atoms with van der Waals surface area (Å²) in [7, 11) is 0. The molecule has 5 N–H and O–H groups in total. The van der Waals surface area contributed by atoms with Gasteiger partial charge in [0.15, 0.2) is 0 Å². The predicted octanol–water partition coefficient (Wildman–Crippen LogP) is -0.280. The van der Waals surface area contributed by atoms with Gasteiger partial charge in [-0.25, -0.2) is 4.98 Å². The van der Waals surface area contributed by atoms with Crippen LogP contribution in [-0.2, 0) is 6.54 Å². The minimum atomic E-state index is -0.712. The maximum absolute atomic E-state index is 11.5. The van der Waals surface area contributed by atoms with Crippen LogP contribution in [0.1, 0.15) is 18.9 Å². The van der Waals surface area contributed by atoms with Crippen molar-refractivity contribution in [2.75, 3.05) is 13.2 Å². The molecule has 0 saturated heterocycles. The zero-order valence-corrected chi connectivity index (χ0v) is 11.4. The summed E-state index contributed by atoms with van der Waals surface area (Å²) in [6.07, 6.45) is 3.20. The van der Waals surface area contributed by atoms with E-state index >= 15 is 0 Å². The van der Waals surface area contributed by atoms with Crippen LogP contribution in [0.25, 0.3) is 11.0 Å². The standard InChI is InChI=1S/C13H20N4O3/c1-2-8(10(19)6-18)3-14-4-9-5-15-12-11(9)16-7-17-13(12)20/h5,7-8,10,14-15,18-19H,2-4,6H2,1H3,(H,16,17,20)/t8?,10-/m0/s1. The molecule has 0 saturated carbocycles. The molecule has 2 atom stereocenters. The first-order valence-electron chi connectivity index (χ1n) is 6.70. The molecule has 2 heterocycles. The zero-order valence-electron chi connectivity index (χ0n) is 11.4. The number of nitrogens with one attached hydrogen (secondary N) is 3. The number of hydrogen-bond acceptors (Lipinski definition) is 5. The van der Waals surface area contributed by atoms with Crippen molar-refractivity contribution in [3.05, 3.63) is 28.4 Å². The molecule has 0 spiro atoms. The quantitative estimate of drug-likeness (QED) is 0.478. The first kappa shape index (κ1) is 14.7. The molecule has 2 aromatic rings. The SMILES string of the molecule is CCC(CNCc1c[nH]c2c(=O)[nH]cnc12)[C@@H](O)CO. The van der Waals surface area contributed by atoms with Gasteiger partial charge in [0.25, 0.3) is 5.56 Å². The Morgan fingerprint density at radius 2 is 2.25 bits per heavy atom. The van der Waals surface area contributed by atoms with Crippen molar-refractivity contribution < 1.29 is 10.2 Å². The smallest absolute Gasteiger partial charge is 0.275 e. The van der Waals surface area contributed by atoms with Crippen LogP contribution in [0.5, 0.6) is 0 Å². The number of H-pyrrole nitrogens is 2. The lowest BCUT2D eigenvalue weighted by Crippen LogP contribution is -2.33. The lowest BCUT2D eigenvalue weighted by atomic mass is 10.00. The fourth-order valence-corrected chi connectivity index (χ4v) is 2.23. The normalized spacial score (nSPS) is 14.6. The van der Waals surface area contributed by atoms with Gasteiger partial charge in [-0.1, -0.05) is 6.92 Å². The van der Waals surface area contributed by atoms with Gasteiger partial charge in [0.05, 0.1) is 24.6 Å². The minimum absolute atomic E-state index is 0.00145. The monoisotopic (exact) mass is 280 g/mol. The summed E-state index contributed by atoms with van der Waals surface area (Å²) in [5, 5.41) is 21.8. The maximum Gasteiger partial charge on any atom is 0.275 e. The molecular weight excluding hydrogens is 260 g/mol. The number of aromatic nitrogens is 3. The first-order valence-corrected chi connectivity index (χ1v) is 6.70. The van der Waals surface area contributed by atoms with Crippen molar-refractivity contribution in [2.45, 2.75) is 26.0 Å². The largest absolute Gasteiger partial charge is 0.394 e. The molecule has 0 amide bonds. The van der Waals surface area contributed by atoms with Crippen molar-refractivity contribution in [3.63, 3.8) is 0 Å². The van der Waals surface area contributed by atoms with E-state index in [-0.39, 0.29) is 18.1 Å². The Hall–Kier alpha value is -1.70. The summed E-state index contributed by atoms with van der Waals surface area (Å²) in [4.78, 5) is 21.1. The van der Waals surface area contributed by atoms with E-state index in [2.05, 4.69) is 20.3 Å². The summed E-state index contributed by atoms with van der Waals surface area (Å²) >= 11 is 0. The summed E-state index contributed by atoms with van der Waals surface area (Å²) in [6, 6.07) is 0. The van der Waals surface area contributed by atoms with Gasteiger partial charge in [0, 0.05) is 24.8 Å². The zero-order chi connectivity index (χ0) is 14.5. The van der Waals surface area contributed by atoms with Crippen LogP contribution in [0.15, 0.2) is 17.3 Å². The van der Waals surface area contributed by atoms with Crippen molar-refractivity contribution in [1.82, 2.24) is 20.3 Å². The molecular formula is C13H20N4O3. The molecule has 7 nitrogen and oxygen atoms in total. The van der Waals surface area contributed by atoms with Crippen molar-refractivity contribution in [2.24, 2.45) is 5.92 Å². The van der Waals surface area contributed by atoms with Gasteiger partial charge < -0.3 is 25.5 Å². The van der Waals surface area contributed by atoms with E-state index in [1.165, 1.54) is 6.33 Å². The van der Waals surface area contributed by atoms with Gasteiger partial charge in [-0.15, -0.1) is 0 Å². The third-order valence-corrected chi connectivity index (χ3v) is 3.53. The number of hydrogen-bond donors (Lipinski definition) is 5. The summed E-state index contributed by atoms with van der Waals surface area (Å²) in [6.45, 7) is 2.88. The highest BCUT2D eigenvalue weighted by molar-refractivity contribution is 5.77. The van der Waals surface area contributed by atoms with Crippen LogP contribution in [0.3, 0.4) is 0 Å². The van der Waals surface area contributed by atoms with Gasteiger partial charge in [-0.05, 0) is 12.3 Å². The van der Waals surface area contributed by atoms with E-state index in [9.17, 15) is 9.90 Å². The fraction of sp³-hybridized carbons (Fsp3) is 0.538. The molecule has 2 aromatic heterocycles. The molecule has 1 unspecified atom stereocenters. The molecule has 0 bridgehead atoms. The van der Waals surface area contributed by atoms with E-state index in [0.717, 1.165) is 12.0 Å². The highest BCUT2D eigenvalue weighted by Gasteiger charge is 2.16. The first-order chi connectivity index (χ1) is 9.67. The number of aliphatic hydroxyl groups is 2. The molecule has 110 valence electrons. The molecule has 0 aliphatic rings. The Balaban J connectivity index is 2.00. The Bertz CT molecular complexity index is 607. The molecule has 7 heteroatoms. The summed E-state index contributed by atoms with van der Waals surface area (Å²) < 4.78 is 0. The van der Waals surface area contributed by atoms with Crippen LogP contribution in [-0.4, -0.2) is 44.4 Å². The molecule has 0 aliphatic carbocycles. The van der Waals surface area contributed by atoms with Gasteiger partial charge in [0.1, 0.15) is 5.52 Å². The third-order valence-electron chi connectivity index (χ3n) is 3.53. The maximum atomic E-state index is 11.5. The van der Waals surface area contributed by atoms with E-state index in [0.29, 0.717) is 24.1 Å². The number of nitrogens with zero attached hydrogens (tertiary/aromatic N) is 1. The number of aliphatic hydroxyl groups excluding tert-OH is 2. The lowest BCUT2D eigenvalue weighted by molar-refractivity contribution is 0.0453. The van der Waals surface area contributed by atoms with Crippen LogP contribution in [0.4, 0.5) is 0 Å². The Kier molecular flexibility index (Phi) is 4.89. The second-order valence-corrected chi connectivity index (χ2v) is 4.82. The summed E-state index contributed by atoms with van der Waals surface area (Å²) in [5.41, 5.74) is 1.83. The van der Waals surface area contributed by atoms with Crippen molar-refractivity contribution >= 4 is 11.0 Å². The van der Waals surface area contributed by atoms with Crippen molar-refractivity contribution in [3.8, 4) is 0 Å². The highest BCUT2D eigenvalue weighted by Crippen LogP contribution is 2.12. The third kappa shape index (κ3) is 3.06. The van der Waals surface area contributed by atoms with Crippen LogP contribution in [0, 0.1) is 5.92 Å². The lowest BCUT2D eigenvalue weighted by Gasteiger charge is -2.20. The molecule has 0 aliphatic heterocycles. The summed E-state index contributed by atoms with van der Waals surface area (Å²) in [5.74, 6) is 0.00145. The number of rotatable bonds is 7. The Morgan fingerprint density at radius 1 is 1.45 bits per heavy atom. The second-order valence-electron chi connectivity index (χ2n) is 4.82. The van der Waals surface area contributed by atoms with E-state index in [1.807, 2.05) is 6.92 Å². The predicted molar refractivity (Wildman–Crippen MR) is 75.3 cm³/mol. The van der Waals surface area contributed by atoms with E-state index < -0.39 is 6.10 Å². The van der Waals surface area contributed by atoms with Gasteiger partial charge in [-0.3, -0.25) is 4.79 Å². The van der Waals surface area contributed by atoms with Crippen LogP contribution in [0.2, 0.25) is 0 Å². The van der Waals surface area contributed by atoms with Crippen LogP contribution >= 0.6 is 0 Å². The molecule has 0 fully saturated rings. The molecule has 0 radical (unpaired) electrons. The Labute approximate surface area is 116 Å². The average molecular weight is 280 g/mol. The molecule has 0 aromatic carbocycles. The van der Waals surface area contributed by atoms with E-state index in [1.54, 1.807) is 6.20 Å². The molecule has 2 rings (SSSR count). The second kappa shape index (κ2) is 6.65. The highest BCUT2D eigenvalue weighted by atomic mass is 16.3. The van der Waals surface area contributed by atoms with Gasteiger partial charge >= 0.3 is 0 Å². The number of aromatic amines is 2. The van der Waals surface area contributed by atoms with E-state index in [4.69, 9.17) is 5.11 Å². The fourth-order valence-electron chi connectivity index (χ4n) is 2.23. The average Bonchev–Trinajstić information content (AvgIpc) is 2.87.